The van der Waals surface area contributed by atoms with Crippen molar-refractivity contribution in [2.45, 2.75) is 51.0 Å². The van der Waals surface area contributed by atoms with Gasteiger partial charge in [-0.25, -0.2) is 9.18 Å². The molecule has 1 aliphatic carbocycles. The molecule has 0 radical (unpaired) electrons. The summed E-state index contributed by atoms with van der Waals surface area (Å²) in [5.41, 5.74) is 1.65. The van der Waals surface area contributed by atoms with E-state index >= 15 is 0 Å². The molecule has 1 aromatic heterocycles. The average Bonchev–Trinajstić information content (AvgIpc) is 2.83. The average molecular weight is 453 g/mol. The number of nitrogens with zero attached hydrogens (tertiary/aromatic N) is 2. The maximum Gasteiger partial charge on any atom is 0.321 e. The Morgan fingerprint density at radius 1 is 0.909 bits per heavy atom. The highest BCUT2D eigenvalue weighted by Gasteiger charge is 2.37. The van der Waals surface area contributed by atoms with Gasteiger partial charge in [-0.2, -0.15) is 0 Å². The number of nitrogens with one attached hydrogen (secondary N) is 2. The molecule has 3 heterocycles. The molecule has 2 fully saturated rings. The van der Waals surface area contributed by atoms with Crippen LogP contribution in [0, 0.1) is 17.7 Å². The topological polar surface area (TPSA) is 83.4 Å². The van der Waals surface area contributed by atoms with Crippen LogP contribution in [0.25, 0.3) is 0 Å². The first-order chi connectivity index (χ1) is 16.0. The molecule has 0 unspecified atom stereocenters. The molecule has 2 aromatic rings. The molecule has 1 aromatic carbocycles. The number of carbonyl (C=O) groups is 2. The van der Waals surface area contributed by atoms with Crippen molar-refractivity contribution in [3.05, 3.63) is 58.3 Å². The highest BCUT2D eigenvalue weighted by Crippen LogP contribution is 2.36. The third-order valence-corrected chi connectivity index (χ3v) is 7.22. The van der Waals surface area contributed by atoms with Gasteiger partial charge in [-0.05, 0) is 61.6 Å². The first-order valence-corrected chi connectivity index (χ1v) is 11.8. The summed E-state index contributed by atoms with van der Waals surface area (Å²) in [6.45, 7) is 1.59. The van der Waals surface area contributed by atoms with E-state index in [9.17, 15) is 18.8 Å². The first-order valence-electron chi connectivity index (χ1n) is 11.8. The molecule has 8 heteroatoms. The number of rotatable bonds is 3. The maximum absolute atomic E-state index is 13.2. The summed E-state index contributed by atoms with van der Waals surface area (Å²) in [5, 5.41) is 5.71. The number of anilines is 2. The number of aromatic nitrogens is 1. The second-order valence-electron chi connectivity index (χ2n) is 9.55. The fraction of sp³-hybridized carbons (Fsp3) is 0.480. The smallest absolute Gasteiger partial charge is 0.321 e. The van der Waals surface area contributed by atoms with Crippen LogP contribution in [0.5, 0.6) is 0 Å². The number of likely N-dealkylation sites (tertiary alicyclic amines) is 1. The lowest BCUT2D eigenvalue weighted by atomic mass is 9.83. The summed E-state index contributed by atoms with van der Waals surface area (Å²) in [6, 6.07) is 9.11. The minimum absolute atomic E-state index is 0.00765. The second-order valence-corrected chi connectivity index (χ2v) is 9.55. The van der Waals surface area contributed by atoms with Crippen molar-refractivity contribution in [2.75, 3.05) is 23.7 Å². The summed E-state index contributed by atoms with van der Waals surface area (Å²) in [4.78, 5) is 40.4. The quantitative estimate of drug-likeness (QED) is 0.734. The summed E-state index contributed by atoms with van der Waals surface area (Å²) >= 11 is 0. The third-order valence-electron chi connectivity index (χ3n) is 7.22. The molecular formula is C25H29FN4O3. The zero-order valence-corrected chi connectivity index (χ0v) is 18.6. The summed E-state index contributed by atoms with van der Waals surface area (Å²) in [5.74, 6) is -0.180. The Morgan fingerprint density at radius 3 is 2.42 bits per heavy atom. The molecule has 3 aliphatic rings. The Bertz CT molecular complexity index is 1110. The third kappa shape index (κ3) is 4.51. The van der Waals surface area contributed by atoms with E-state index in [0.29, 0.717) is 31.0 Å². The number of hydrogen-bond acceptors (Lipinski definition) is 3. The van der Waals surface area contributed by atoms with Crippen LogP contribution in [0.15, 0.2) is 41.2 Å². The van der Waals surface area contributed by atoms with E-state index in [1.807, 2.05) is 6.07 Å². The SMILES string of the molecule is O=C(Nc1ccc2n(c1=O)C[C@H]1C[C@@H]2CN(C(=O)Nc2ccc(F)cc2)C1)C1CCCCC1. The van der Waals surface area contributed by atoms with Crippen molar-refractivity contribution in [3.63, 3.8) is 0 Å². The number of hydrogen-bond donors (Lipinski definition) is 2. The normalized spacial score (nSPS) is 22.4. The molecule has 3 amide bonds. The fourth-order valence-corrected chi connectivity index (χ4v) is 5.54. The lowest BCUT2D eigenvalue weighted by Gasteiger charge is -2.42. The number of urea groups is 1. The van der Waals surface area contributed by atoms with Crippen molar-refractivity contribution >= 4 is 23.3 Å². The van der Waals surface area contributed by atoms with Gasteiger partial charge < -0.3 is 20.1 Å². The number of piperidine rings is 1. The molecule has 2 aliphatic heterocycles. The van der Waals surface area contributed by atoms with Crippen LogP contribution in [0.1, 0.15) is 50.1 Å². The molecule has 2 N–H and O–H groups in total. The van der Waals surface area contributed by atoms with Crippen LogP contribution < -0.4 is 16.2 Å². The van der Waals surface area contributed by atoms with Crippen molar-refractivity contribution < 1.29 is 14.0 Å². The number of pyridine rings is 1. The van der Waals surface area contributed by atoms with Crippen LogP contribution in [0.2, 0.25) is 0 Å². The number of amides is 3. The Hall–Kier alpha value is -3.16. The predicted octanol–water partition coefficient (Wildman–Crippen LogP) is 4.16. The van der Waals surface area contributed by atoms with Gasteiger partial charge in [0.2, 0.25) is 5.91 Å². The number of benzene rings is 1. The van der Waals surface area contributed by atoms with Crippen LogP contribution in [-0.4, -0.2) is 34.5 Å². The lowest BCUT2D eigenvalue weighted by Crippen LogP contribution is -2.50. The second kappa shape index (κ2) is 9.00. The van der Waals surface area contributed by atoms with Gasteiger partial charge in [0, 0.05) is 42.9 Å². The zero-order valence-electron chi connectivity index (χ0n) is 18.6. The van der Waals surface area contributed by atoms with E-state index in [4.69, 9.17) is 0 Å². The van der Waals surface area contributed by atoms with E-state index in [1.165, 1.54) is 30.7 Å². The first kappa shape index (κ1) is 21.7. The maximum atomic E-state index is 13.2. The van der Waals surface area contributed by atoms with Crippen LogP contribution in [0.4, 0.5) is 20.6 Å². The molecule has 1 saturated carbocycles. The Labute approximate surface area is 192 Å². The van der Waals surface area contributed by atoms with E-state index in [-0.39, 0.29) is 41.1 Å². The van der Waals surface area contributed by atoms with Gasteiger partial charge in [0.15, 0.2) is 0 Å². The summed E-state index contributed by atoms with van der Waals surface area (Å²) < 4.78 is 14.9. The van der Waals surface area contributed by atoms with E-state index in [1.54, 1.807) is 15.5 Å². The Morgan fingerprint density at radius 2 is 1.67 bits per heavy atom. The van der Waals surface area contributed by atoms with Gasteiger partial charge in [-0.15, -0.1) is 0 Å². The van der Waals surface area contributed by atoms with E-state index < -0.39 is 0 Å². The Balaban J connectivity index is 1.29. The molecule has 1 saturated heterocycles. The van der Waals surface area contributed by atoms with Gasteiger partial charge in [-0.1, -0.05) is 19.3 Å². The molecule has 7 nitrogen and oxygen atoms in total. The highest BCUT2D eigenvalue weighted by atomic mass is 19.1. The monoisotopic (exact) mass is 452 g/mol. The van der Waals surface area contributed by atoms with Crippen molar-refractivity contribution in [1.29, 1.82) is 0 Å². The molecule has 2 atom stereocenters. The number of fused-ring (bicyclic) bond motifs is 4. The molecule has 33 heavy (non-hydrogen) atoms. The summed E-state index contributed by atoms with van der Waals surface area (Å²) in [7, 11) is 0. The number of carbonyl (C=O) groups excluding carboxylic acids is 2. The molecule has 174 valence electrons. The molecule has 5 rings (SSSR count). The van der Waals surface area contributed by atoms with Gasteiger partial charge in [0.25, 0.3) is 5.56 Å². The van der Waals surface area contributed by atoms with E-state index in [2.05, 4.69) is 10.6 Å². The zero-order chi connectivity index (χ0) is 22.9. The van der Waals surface area contributed by atoms with Crippen LogP contribution >= 0.6 is 0 Å². The largest absolute Gasteiger partial charge is 0.324 e. The standard InChI is InChI=1S/C25H29FN4O3/c26-19-6-8-20(9-7-19)27-25(33)29-13-16-12-18(15-29)22-11-10-21(24(32)30(22)14-16)28-23(31)17-4-2-1-3-5-17/h6-11,16-18H,1-5,12-15H2,(H,27,33)(H,28,31)/t16-,18+/m0/s1. The predicted molar refractivity (Wildman–Crippen MR) is 124 cm³/mol. The minimum Gasteiger partial charge on any atom is -0.324 e. The minimum atomic E-state index is -0.350. The van der Waals surface area contributed by atoms with Crippen LogP contribution in [0.3, 0.4) is 0 Å². The fourth-order valence-electron chi connectivity index (χ4n) is 5.54. The lowest BCUT2D eigenvalue weighted by molar-refractivity contribution is -0.120. The van der Waals surface area contributed by atoms with Crippen molar-refractivity contribution in [1.82, 2.24) is 9.47 Å². The Kier molecular flexibility index (Phi) is 5.91. The van der Waals surface area contributed by atoms with Crippen molar-refractivity contribution in [2.24, 2.45) is 11.8 Å². The van der Waals surface area contributed by atoms with Gasteiger partial charge in [-0.3, -0.25) is 9.59 Å². The van der Waals surface area contributed by atoms with Gasteiger partial charge in [0.05, 0.1) is 0 Å². The van der Waals surface area contributed by atoms with Gasteiger partial charge >= 0.3 is 6.03 Å². The molecule has 0 spiro atoms. The number of halogens is 1. The van der Waals surface area contributed by atoms with Gasteiger partial charge in [0.1, 0.15) is 11.5 Å². The highest BCUT2D eigenvalue weighted by molar-refractivity contribution is 5.92. The van der Waals surface area contributed by atoms with Crippen LogP contribution in [-0.2, 0) is 11.3 Å². The summed E-state index contributed by atoms with van der Waals surface area (Å²) in [6.07, 6.45) is 6.00. The van der Waals surface area contributed by atoms with E-state index in [0.717, 1.165) is 37.8 Å². The molecular weight excluding hydrogens is 423 g/mol. The van der Waals surface area contributed by atoms with Crippen molar-refractivity contribution in [3.8, 4) is 0 Å². The molecule has 2 bridgehead atoms.